The van der Waals surface area contributed by atoms with Crippen molar-refractivity contribution in [2.24, 2.45) is 5.41 Å². The van der Waals surface area contributed by atoms with Gasteiger partial charge in [-0.1, -0.05) is 93.6 Å². The molecule has 6 heteroatoms. The van der Waals surface area contributed by atoms with Crippen LogP contribution in [-0.4, -0.2) is 22.3 Å². The quantitative estimate of drug-likeness (QED) is 0.178. The minimum absolute atomic E-state index is 0.128. The highest BCUT2D eigenvalue weighted by Crippen LogP contribution is 2.68. The van der Waals surface area contributed by atoms with Crippen LogP contribution in [-0.2, 0) is 5.41 Å². The van der Waals surface area contributed by atoms with Gasteiger partial charge in [-0.15, -0.1) is 0 Å². The molecule has 2 aromatic heterocycles. The molecular weight excluding hydrogens is 613 g/mol. The van der Waals surface area contributed by atoms with E-state index in [-0.39, 0.29) is 17.7 Å². The van der Waals surface area contributed by atoms with Crippen molar-refractivity contribution in [1.29, 1.82) is 0 Å². The fourth-order valence-corrected chi connectivity index (χ4v) is 9.61. The Morgan fingerprint density at radius 1 is 0.500 bits per heavy atom. The van der Waals surface area contributed by atoms with Crippen molar-refractivity contribution in [3.8, 4) is 0 Å². The summed E-state index contributed by atoms with van der Waals surface area (Å²) in [5, 5.41) is 0. The van der Waals surface area contributed by atoms with E-state index in [0.717, 1.165) is 47.2 Å². The summed E-state index contributed by atoms with van der Waals surface area (Å²) >= 11 is 0. The zero-order valence-corrected chi connectivity index (χ0v) is 29.1. The highest BCUT2D eigenvalue weighted by molar-refractivity contribution is 5.92. The molecule has 0 amide bonds. The van der Waals surface area contributed by atoms with Gasteiger partial charge in [-0.2, -0.15) is 0 Å². The first kappa shape index (κ1) is 30.4. The van der Waals surface area contributed by atoms with Gasteiger partial charge in [-0.3, -0.25) is 0 Å². The van der Waals surface area contributed by atoms with Crippen LogP contribution in [0.4, 0.5) is 45.8 Å². The molecule has 3 aliphatic rings. The molecule has 0 saturated carbocycles. The largest absolute Gasteiger partial charge is 0.316 e. The van der Waals surface area contributed by atoms with E-state index in [1.807, 2.05) is 12.4 Å². The molecule has 0 fully saturated rings. The number of hydrogen-bond acceptors (Lipinski definition) is 6. The fourth-order valence-electron chi connectivity index (χ4n) is 9.61. The van der Waals surface area contributed by atoms with Gasteiger partial charge >= 0.3 is 0 Å². The van der Waals surface area contributed by atoms with Crippen molar-refractivity contribution in [3.05, 3.63) is 157 Å². The minimum atomic E-state index is -0.453. The molecule has 6 nitrogen and oxygen atoms in total. The predicted octanol–water partition coefficient (Wildman–Crippen LogP) is 10.8. The summed E-state index contributed by atoms with van der Waals surface area (Å²) in [6, 6.07) is 48.4. The Hall–Kier alpha value is -5.62. The molecule has 3 aliphatic heterocycles. The first-order valence-corrected chi connectivity index (χ1v) is 17.9. The van der Waals surface area contributed by atoms with E-state index in [0.29, 0.717) is 0 Å². The van der Waals surface area contributed by atoms with E-state index < -0.39 is 5.41 Å². The van der Waals surface area contributed by atoms with Crippen LogP contribution in [0.3, 0.4) is 0 Å². The molecule has 0 bridgehead atoms. The Morgan fingerprint density at radius 3 is 1.62 bits per heavy atom. The maximum Gasteiger partial charge on any atom is 0.158 e. The lowest BCUT2D eigenvalue weighted by molar-refractivity contribution is 0.0476. The third kappa shape index (κ3) is 3.96. The average molecular weight is 655 g/mol. The maximum atomic E-state index is 5.20. The normalized spacial score (nSPS) is 23.4. The van der Waals surface area contributed by atoms with Gasteiger partial charge in [0.05, 0.1) is 16.8 Å². The molecule has 9 rings (SSSR count). The first-order chi connectivity index (χ1) is 24.5. The van der Waals surface area contributed by atoms with Crippen molar-refractivity contribution in [2.45, 2.75) is 58.3 Å². The van der Waals surface area contributed by atoms with Gasteiger partial charge in [0, 0.05) is 40.6 Å². The number of benzene rings is 4. The number of rotatable bonds is 6. The van der Waals surface area contributed by atoms with E-state index in [4.69, 9.17) is 9.97 Å². The summed E-state index contributed by atoms with van der Waals surface area (Å²) in [4.78, 5) is 20.7. The van der Waals surface area contributed by atoms with E-state index >= 15 is 0 Å². The number of pyridine rings is 2. The van der Waals surface area contributed by atoms with Gasteiger partial charge in [-0.05, 0) is 91.6 Å². The maximum absolute atomic E-state index is 5.20. The number of aromatic nitrogens is 2. The number of hydrogen-bond donors (Lipinski definition) is 0. The second-order valence-corrected chi connectivity index (χ2v) is 14.0. The Bertz CT molecular complexity index is 2190. The van der Waals surface area contributed by atoms with Crippen LogP contribution in [0, 0.1) is 12.3 Å². The molecule has 6 aromatic rings. The average Bonchev–Trinajstić information content (AvgIpc) is 3.70. The SMILES string of the molecule is CCC1(C)c2ccccc2N2c3ncccc3N(c3ccccc3)C2C1(CC)C1N(c2ccccc2C)c2cccnc2N1c1ccccc1. The smallest absolute Gasteiger partial charge is 0.158 e. The highest BCUT2D eigenvalue weighted by Gasteiger charge is 2.69. The van der Waals surface area contributed by atoms with Crippen LogP contribution in [0.25, 0.3) is 0 Å². The van der Waals surface area contributed by atoms with E-state index in [2.05, 4.69) is 181 Å². The summed E-state index contributed by atoms with van der Waals surface area (Å²) in [7, 11) is 0. The van der Waals surface area contributed by atoms with Gasteiger partial charge in [-0.25, -0.2) is 9.97 Å². The van der Waals surface area contributed by atoms with Crippen molar-refractivity contribution < 1.29 is 0 Å². The number of para-hydroxylation sites is 4. The van der Waals surface area contributed by atoms with E-state index in [9.17, 15) is 0 Å². The lowest BCUT2D eigenvalue weighted by Crippen LogP contribution is -2.72. The van der Waals surface area contributed by atoms with Crippen molar-refractivity contribution in [1.82, 2.24) is 9.97 Å². The molecular formula is C44H42N6. The Kier molecular flexibility index (Phi) is 6.99. The lowest BCUT2D eigenvalue weighted by Gasteiger charge is -2.64. The van der Waals surface area contributed by atoms with Crippen LogP contribution >= 0.6 is 0 Å². The molecule has 0 aliphatic carbocycles. The molecule has 0 spiro atoms. The Balaban J connectivity index is 1.44. The fraction of sp³-hybridized carbons (Fsp3) is 0.227. The summed E-state index contributed by atoms with van der Waals surface area (Å²) in [5.74, 6) is 1.97. The Labute approximate surface area is 295 Å². The second kappa shape index (κ2) is 11.5. The van der Waals surface area contributed by atoms with Crippen LogP contribution in [0.5, 0.6) is 0 Å². The van der Waals surface area contributed by atoms with Crippen LogP contribution in [0.1, 0.15) is 44.7 Å². The summed E-state index contributed by atoms with van der Waals surface area (Å²) in [6.07, 6.45) is 5.41. The zero-order valence-electron chi connectivity index (χ0n) is 29.1. The van der Waals surface area contributed by atoms with Crippen molar-refractivity contribution in [3.63, 3.8) is 0 Å². The molecule has 0 N–H and O–H groups in total. The third-order valence-corrected chi connectivity index (χ3v) is 11.9. The van der Waals surface area contributed by atoms with Gasteiger partial charge in [0.25, 0.3) is 0 Å². The third-order valence-electron chi connectivity index (χ3n) is 11.9. The predicted molar refractivity (Wildman–Crippen MR) is 205 cm³/mol. The van der Waals surface area contributed by atoms with Gasteiger partial charge < -0.3 is 19.6 Å². The van der Waals surface area contributed by atoms with Gasteiger partial charge in [0.2, 0.25) is 0 Å². The molecule has 4 atom stereocenters. The molecule has 5 heterocycles. The van der Waals surface area contributed by atoms with Crippen LogP contribution in [0.15, 0.2) is 146 Å². The van der Waals surface area contributed by atoms with E-state index in [1.165, 1.54) is 22.5 Å². The number of fused-ring (bicyclic) bond motifs is 6. The summed E-state index contributed by atoms with van der Waals surface area (Å²) in [6.45, 7) is 9.56. The molecule has 248 valence electrons. The molecule has 50 heavy (non-hydrogen) atoms. The number of nitrogens with zero attached hydrogens (tertiary/aromatic N) is 6. The highest BCUT2D eigenvalue weighted by atomic mass is 15.5. The van der Waals surface area contributed by atoms with Gasteiger partial charge in [0.1, 0.15) is 12.3 Å². The topological polar surface area (TPSA) is 38.7 Å². The molecule has 0 radical (unpaired) electrons. The molecule has 0 saturated heterocycles. The molecule has 4 aromatic carbocycles. The monoisotopic (exact) mass is 654 g/mol. The lowest BCUT2D eigenvalue weighted by atomic mass is 9.52. The van der Waals surface area contributed by atoms with Crippen LogP contribution < -0.4 is 19.6 Å². The van der Waals surface area contributed by atoms with Crippen molar-refractivity contribution >= 4 is 45.8 Å². The number of aryl methyl sites for hydroxylation is 1. The minimum Gasteiger partial charge on any atom is -0.316 e. The number of anilines is 8. The Morgan fingerprint density at radius 2 is 1.00 bits per heavy atom. The first-order valence-electron chi connectivity index (χ1n) is 17.9. The molecule has 4 unspecified atom stereocenters. The van der Waals surface area contributed by atoms with Gasteiger partial charge in [0.15, 0.2) is 11.6 Å². The second-order valence-electron chi connectivity index (χ2n) is 14.0. The summed E-state index contributed by atoms with van der Waals surface area (Å²) < 4.78 is 0. The standard InChI is InChI=1S/C44H42N6/c1-5-43(4)34-24-14-16-26-36(34)50-40-37(27-17-30-46-40)47(32-20-9-7-10-21-32)41(50)44(43,6-2)42-48(33-22-11-8-12-23-33)39-38(28-18-29-45-39)49(42)35-25-15-13-19-31(35)3/h7-30,41-42H,5-6H2,1-4H3. The van der Waals surface area contributed by atoms with Crippen molar-refractivity contribution in [2.75, 3.05) is 19.6 Å². The zero-order chi connectivity index (χ0) is 34.0. The summed E-state index contributed by atoms with van der Waals surface area (Å²) in [5.41, 5.74) is 8.79. The van der Waals surface area contributed by atoms with Crippen LogP contribution in [0.2, 0.25) is 0 Å². The van der Waals surface area contributed by atoms with E-state index in [1.54, 1.807) is 0 Å².